The van der Waals surface area contributed by atoms with E-state index in [1.165, 1.54) is 12.1 Å². The zero-order valence-electron chi connectivity index (χ0n) is 12.8. The lowest BCUT2D eigenvalue weighted by Crippen LogP contribution is -2.39. The fourth-order valence-corrected chi connectivity index (χ4v) is 2.00. The third kappa shape index (κ3) is 5.20. The van der Waals surface area contributed by atoms with E-state index in [1.54, 1.807) is 12.1 Å². The molecule has 0 amide bonds. The number of hydrogen-bond donors (Lipinski definition) is 1. The van der Waals surface area contributed by atoms with Gasteiger partial charge >= 0.3 is 0 Å². The molecule has 1 atom stereocenters. The van der Waals surface area contributed by atoms with Gasteiger partial charge in [-0.25, -0.2) is 4.39 Å². The summed E-state index contributed by atoms with van der Waals surface area (Å²) in [6.45, 7) is 6.98. The summed E-state index contributed by atoms with van der Waals surface area (Å²) in [5.41, 5.74) is 1.07. The Labute approximate surface area is 126 Å². The molecule has 112 valence electrons. The molecular weight excluding hydrogens is 265 g/mol. The van der Waals surface area contributed by atoms with Crippen LogP contribution in [0.4, 0.5) is 4.39 Å². The Bertz CT molecular complexity index is 563. The first-order valence-electron chi connectivity index (χ1n) is 7.16. The topological polar surface area (TPSA) is 21.3 Å². The smallest absolute Gasteiger partial charge is 0.136 e. The van der Waals surface area contributed by atoms with Gasteiger partial charge in [0.15, 0.2) is 0 Å². The summed E-state index contributed by atoms with van der Waals surface area (Å²) in [7, 11) is 0. The first-order chi connectivity index (χ1) is 9.94. The second-order valence-corrected chi connectivity index (χ2v) is 6.11. The van der Waals surface area contributed by atoms with Crippen molar-refractivity contribution < 1.29 is 9.13 Å². The van der Waals surface area contributed by atoms with Crippen molar-refractivity contribution in [2.45, 2.75) is 32.4 Å². The number of ether oxygens (including phenoxy) is 1. The van der Waals surface area contributed by atoms with Crippen molar-refractivity contribution in [1.82, 2.24) is 5.32 Å². The SMILES string of the molecule is CC(C)(C)NCC(Oc1cccc(F)c1)c1ccccc1. The maximum atomic E-state index is 13.3. The van der Waals surface area contributed by atoms with Crippen molar-refractivity contribution in [3.05, 3.63) is 66.0 Å². The molecule has 1 N–H and O–H groups in total. The van der Waals surface area contributed by atoms with Crippen LogP contribution in [0.1, 0.15) is 32.4 Å². The lowest BCUT2D eigenvalue weighted by molar-refractivity contribution is 0.188. The molecule has 2 aromatic carbocycles. The molecule has 0 fully saturated rings. The van der Waals surface area contributed by atoms with E-state index in [2.05, 4.69) is 26.1 Å². The molecule has 0 radical (unpaired) electrons. The summed E-state index contributed by atoms with van der Waals surface area (Å²) in [5, 5.41) is 3.44. The molecule has 0 aliphatic heterocycles. The normalized spacial score (nSPS) is 13.0. The van der Waals surface area contributed by atoms with Crippen LogP contribution >= 0.6 is 0 Å². The van der Waals surface area contributed by atoms with Gasteiger partial charge in [-0.05, 0) is 38.5 Å². The van der Waals surface area contributed by atoms with Gasteiger partial charge in [-0.1, -0.05) is 36.4 Å². The molecule has 0 aromatic heterocycles. The standard InChI is InChI=1S/C18H22FNO/c1-18(2,3)20-13-17(14-8-5-4-6-9-14)21-16-11-7-10-15(19)12-16/h4-12,17,20H,13H2,1-3H3. The molecule has 2 nitrogen and oxygen atoms in total. The quantitative estimate of drug-likeness (QED) is 0.883. The molecule has 0 saturated heterocycles. The summed E-state index contributed by atoms with van der Waals surface area (Å²) in [6, 6.07) is 16.2. The van der Waals surface area contributed by atoms with Crippen LogP contribution in [0.15, 0.2) is 54.6 Å². The molecule has 2 aromatic rings. The molecule has 21 heavy (non-hydrogen) atoms. The third-order valence-corrected chi connectivity index (χ3v) is 3.06. The second-order valence-electron chi connectivity index (χ2n) is 6.11. The maximum absolute atomic E-state index is 13.3. The fourth-order valence-electron chi connectivity index (χ4n) is 2.00. The van der Waals surface area contributed by atoms with Crippen molar-refractivity contribution in [3.8, 4) is 5.75 Å². The van der Waals surface area contributed by atoms with Crippen LogP contribution in [0.2, 0.25) is 0 Å². The Morgan fingerprint density at radius 1 is 1.05 bits per heavy atom. The van der Waals surface area contributed by atoms with E-state index in [9.17, 15) is 4.39 Å². The van der Waals surface area contributed by atoms with Crippen molar-refractivity contribution >= 4 is 0 Å². The summed E-state index contributed by atoms with van der Waals surface area (Å²) in [6.07, 6.45) is -0.160. The minimum Gasteiger partial charge on any atom is -0.484 e. The molecule has 0 saturated carbocycles. The van der Waals surface area contributed by atoms with Gasteiger partial charge in [-0.2, -0.15) is 0 Å². The second kappa shape index (κ2) is 6.72. The van der Waals surface area contributed by atoms with Gasteiger partial charge in [0, 0.05) is 18.2 Å². The van der Waals surface area contributed by atoms with Crippen LogP contribution in [0.3, 0.4) is 0 Å². The number of nitrogens with one attached hydrogen (secondary N) is 1. The van der Waals surface area contributed by atoms with Crippen molar-refractivity contribution in [3.63, 3.8) is 0 Å². The van der Waals surface area contributed by atoms with E-state index in [4.69, 9.17) is 4.74 Å². The van der Waals surface area contributed by atoms with Crippen molar-refractivity contribution in [2.75, 3.05) is 6.54 Å². The Morgan fingerprint density at radius 2 is 1.76 bits per heavy atom. The van der Waals surface area contributed by atoms with E-state index in [0.717, 1.165) is 5.56 Å². The summed E-state index contributed by atoms with van der Waals surface area (Å²) < 4.78 is 19.3. The van der Waals surface area contributed by atoms with Gasteiger partial charge in [-0.3, -0.25) is 0 Å². The largest absolute Gasteiger partial charge is 0.484 e. The van der Waals surface area contributed by atoms with Crippen LogP contribution in [-0.2, 0) is 0 Å². The molecule has 3 heteroatoms. The molecule has 0 aliphatic carbocycles. The molecule has 0 aliphatic rings. The minimum atomic E-state index is -0.289. The molecule has 0 spiro atoms. The Kier molecular flexibility index (Phi) is 4.97. The van der Waals surface area contributed by atoms with Gasteiger partial charge in [0.1, 0.15) is 17.7 Å². The molecule has 1 unspecified atom stereocenters. The molecule has 0 bridgehead atoms. The lowest BCUT2D eigenvalue weighted by atomic mass is 10.1. The van der Waals surface area contributed by atoms with Gasteiger partial charge in [-0.15, -0.1) is 0 Å². The van der Waals surface area contributed by atoms with Crippen molar-refractivity contribution in [2.24, 2.45) is 0 Å². The van der Waals surface area contributed by atoms with Gasteiger partial charge in [0.05, 0.1) is 0 Å². The number of halogens is 1. The van der Waals surface area contributed by atoms with Crippen molar-refractivity contribution in [1.29, 1.82) is 0 Å². The van der Waals surface area contributed by atoms with E-state index >= 15 is 0 Å². The third-order valence-electron chi connectivity index (χ3n) is 3.06. The van der Waals surface area contributed by atoms with Gasteiger partial charge in [0.2, 0.25) is 0 Å². The van der Waals surface area contributed by atoms with Crippen LogP contribution < -0.4 is 10.1 Å². The highest BCUT2D eigenvalue weighted by Crippen LogP contribution is 2.22. The van der Waals surface area contributed by atoms with E-state index in [1.807, 2.05) is 30.3 Å². The highest BCUT2D eigenvalue weighted by Gasteiger charge is 2.17. The highest BCUT2D eigenvalue weighted by molar-refractivity contribution is 5.25. The van der Waals surface area contributed by atoms with Gasteiger partial charge < -0.3 is 10.1 Å². The first kappa shape index (κ1) is 15.5. The Hall–Kier alpha value is -1.87. The average molecular weight is 287 g/mol. The van der Waals surface area contributed by atoms with E-state index in [-0.39, 0.29) is 17.5 Å². The Morgan fingerprint density at radius 3 is 2.38 bits per heavy atom. The minimum absolute atomic E-state index is 0.00166. The number of benzene rings is 2. The number of rotatable bonds is 5. The Balaban J connectivity index is 2.16. The van der Waals surface area contributed by atoms with E-state index < -0.39 is 0 Å². The molecule has 2 rings (SSSR count). The maximum Gasteiger partial charge on any atom is 0.136 e. The summed E-state index contributed by atoms with van der Waals surface area (Å²) >= 11 is 0. The van der Waals surface area contributed by atoms with Gasteiger partial charge in [0.25, 0.3) is 0 Å². The lowest BCUT2D eigenvalue weighted by Gasteiger charge is -2.26. The zero-order valence-corrected chi connectivity index (χ0v) is 12.8. The first-order valence-corrected chi connectivity index (χ1v) is 7.16. The van der Waals surface area contributed by atoms with Crippen LogP contribution in [0.25, 0.3) is 0 Å². The fraction of sp³-hybridized carbons (Fsp3) is 0.333. The van der Waals surface area contributed by atoms with Crippen LogP contribution in [0, 0.1) is 5.82 Å². The average Bonchev–Trinajstić information content (AvgIpc) is 2.43. The predicted octanol–water partition coefficient (Wildman–Crippen LogP) is 4.33. The summed E-state index contributed by atoms with van der Waals surface area (Å²) in [4.78, 5) is 0. The van der Waals surface area contributed by atoms with E-state index in [0.29, 0.717) is 12.3 Å². The molecule has 0 heterocycles. The zero-order chi connectivity index (χ0) is 15.3. The summed E-state index contributed by atoms with van der Waals surface area (Å²) in [5.74, 6) is 0.252. The highest BCUT2D eigenvalue weighted by atomic mass is 19.1. The van der Waals surface area contributed by atoms with Crippen LogP contribution in [0.5, 0.6) is 5.75 Å². The van der Waals surface area contributed by atoms with Crippen LogP contribution in [-0.4, -0.2) is 12.1 Å². The monoisotopic (exact) mass is 287 g/mol. The number of hydrogen-bond acceptors (Lipinski definition) is 2. The predicted molar refractivity (Wildman–Crippen MR) is 84.0 cm³/mol. The molecular formula is C18H22FNO.